The maximum absolute atomic E-state index is 5.30. The predicted molar refractivity (Wildman–Crippen MR) is 92.6 cm³/mol. The molecule has 0 saturated heterocycles. The van der Waals surface area contributed by atoms with Gasteiger partial charge in [0, 0.05) is 30.2 Å². The van der Waals surface area contributed by atoms with Crippen LogP contribution in [-0.2, 0) is 6.42 Å². The zero-order valence-corrected chi connectivity index (χ0v) is 13.9. The van der Waals surface area contributed by atoms with Gasteiger partial charge in [0.05, 0.1) is 14.2 Å². The quantitative estimate of drug-likeness (QED) is 0.635. The Morgan fingerprint density at radius 3 is 2.64 bits per heavy atom. The van der Waals surface area contributed by atoms with Crippen LogP contribution in [0.2, 0.25) is 0 Å². The molecule has 118 valence electrons. The third kappa shape index (κ3) is 4.39. The molecule has 0 atom stereocenters. The fraction of sp³-hybridized carbons (Fsp3) is 0.312. The van der Waals surface area contributed by atoms with Gasteiger partial charge in [0.2, 0.25) is 0 Å². The van der Waals surface area contributed by atoms with Crippen molar-refractivity contribution in [2.45, 2.75) is 6.42 Å². The zero-order chi connectivity index (χ0) is 15.8. The highest BCUT2D eigenvalue weighted by atomic mass is 32.1. The maximum atomic E-state index is 5.30. The van der Waals surface area contributed by atoms with Gasteiger partial charge in [-0.2, -0.15) is 0 Å². The average Bonchev–Trinajstić information content (AvgIpc) is 3.07. The number of rotatable bonds is 6. The molecule has 0 unspecified atom stereocenters. The first-order chi connectivity index (χ1) is 10.8. The Bertz CT molecular complexity index is 612. The van der Waals surface area contributed by atoms with Gasteiger partial charge in [0.25, 0.3) is 0 Å². The monoisotopic (exact) mass is 319 g/mol. The van der Waals surface area contributed by atoms with Crippen molar-refractivity contribution in [2.75, 3.05) is 33.1 Å². The lowest BCUT2D eigenvalue weighted by Crippen LogP contribution is -2.32. The van der Waals surface area contributed by atoms with Gasteiger partial charge in [-0.15, -0.1) is 11.3 Å². The number of nitrogens with one attached hydrogen (secondary N) is 2. The number of hydrogen-bond acceptors (Lipinski definition) is 4. The van der Waals surface area contributed by atoms with E-state index in [1.165, 1.54) is 4.88 Å². The maximum Gasteiger partial charge on any atom is 0.195 e. The molecule has 0 aliphatic heterocycles. The molecule has 0 aliphatic carbocycles. The van der Waals surface area contributed by atoms with Crippen LogP contribution in [0.5, 0.6) is 11.5 Å². The Morgan fingerprint density at radius 1 is 1.18 bits per heavy atom. The standard InChI is InChI=1S/C16H21N3O2S/c1-17-16(18-9-8-13-5-4-10-22-13)19-12-6-7-14(20-2)15(11-12)21-3/h4-7,10-11H,8-9H2,1-3H3,(H2,17,18,19). The number of hydrogen-bond donors (Lipinski definition) is 2. The van der Waals surface area contributed by atoms with Crippen LogP contribution < -0.4 is 20.1 Å². The topological polar surface area (TPSA) is 54.9 Å². The van der Waals surface area contributed by atoms with Gasteiger partial charge in [0.1, 0.15) is 0 Å². The van der Waals surface area contributed by atoms with Crippen LogP contribution >= 0.6 is 11.3 Å². The van der Waals surface area contributed by atoms with E-state index in [1.807, 2.05) is 18.2 Å². The van der Waals surface area contributed by atoms with E-state index in [0.717, 1.165) is 24.6 Å². The highest BCUT2D eigenvalue weighted by Crippen LogP contribution is 2.29. The van der Waals surface area contributed by atoms with Crippen LogP contribution in [0.15, 0.2) is 40.7 Å². The molecular formula is C16H21N3O2S. The van der Waals surface area contributed by atoms with Crippen molar-refractivity contribution in [1.82, 2.24) is 5.32 Å². The molecule has 0 radical (unpaired) electrons. The smallest absolute Gasteiger partial charge is 0.195 e. The summed E-state index contributed by atoms with van der Waals surface area (Å²) in [7, 11) is 4.99. The molecule has 0 bridgehead atoms. The minimum absolute atomic E-state index is 0.682. The average molecular weight is 319 g/mol. The Hall–Kier alpha value is -2.21. The fourth-order valence-electron chi connectivity index (χ4n) is 1.99. The van der Waals surface area contributed by atoms with Crippen LogP contribution in [0, 0.1) is 0 Å². The number of ether oxygens (including phenoxy) is 2. The van der Waals surface area contributed by atoms with Crippen molar-refractivity contribution in [3.63, 3.8) is 0 Å². The second-order valence-electron chi connectivity index (χ2n) is 4.52. The summed E-state index contributed by atoms with van der Waals surface area (Å²) in [5.74, 6) is 2.11. The zero-order valence-electron chi connectivity index (χ0n) is 13.1. The summed E-state index contributed by atoms with van der Waals surface area (Å²) in [4.78, 5) is 5.58. The Morgan fingerprint density at radius 2 is 2.00 bits per heavy atom. The summed E-state index contributed by atoms with van der Waals surface area (Å²) >= 11 is 1.76. The van der Waals surface area contributed by atoms with E-state index in [2.05, 4.69) is 33.1 Å². The summed E-state index contributed by atoms with van der Waals surface area (Å²) in [6, 6.07) is 9.87. The minimum atomic E-state index is 0.682. The molecule has 1 heterocycles. The highest BCUT2D eigenvalue weighted by Gasteiger charge is 2.06. The molecule has 22 heavy (non-hydrogen) atoms. The highest BCUT2D eigenvalue weighted by molar-refractivity contribution is 7.09. The summed E-state index contributed by atoms with van der Waals surface area (Å²) < 4.78 is 10.5. The van der Waals surface area contributed by atoms with E-state index in [1.54, 1.807) is 32.6 Å². The first-order valence-corrected chi connectivity index (χ1v) is 7.87. The third-order valence-electron chi connectivity index (χ3n) is 3.11. The summed E-state index contributed by atoms with van der Waals surface area (Å²) in [6.07, 6.45) is 0.976. The normalized spacial score (nSPS) is 11.1. The van der Waals surface area contributed by atoms with E-state index >= 15 is 0 Å². The van der Waals surface area contributed by atoms with Crippen molar-refractivity contribution < 1.29 is 9.47 Å². The number of guanidine groups is 1. The fourth-order valence-corrected chi connectivity index (χ4v) is 2.70. The number of methoxy groups -OCH3 is 2. The van der Waals surface area contributed by atoms with E-state index < -0.39 is 0 Å². The van der Waals surface area contributed by atoms with Crippen LogP contribution in [0.4, 0.5) is 5.69 Å². The Labute approximate surface area is 135 Å². The second-order valence-corrected chi connectivity index (χ2v) is 5.56. The van der Waals surface area contributed by atoms with Gasteiger partial charge in [-0.25, -0.2) is 0 Å². The molecule has 0 saturated carbocycles. The molecule has 2 rings (SSSR count). The summed E-state index contributed by atoms with van der Waals surface area (Å²) in [5.41, 5.74) is 0.891. The minimum Gasteiger partial charge on any atom is -0.493 e. The molecule has 1 aromatic carbocycles. The van der Waals surface area contributed by atoms with E-state index in [4.69, 9.17) is 9.47 Å². The largest absolute Gasteiger partial charge is 0.493 e. The van der Waals surface area contributed by atoms with Gasteiger partial charge in [0.15, 0.2) is 17.5 Å². The molecule has 0 spiro atoms. The van der Waals surface area contributed by atoms with Gasteiger partial charge in [-0.1, -0.05) is 6.07 Å². The summed E-state index contributed by atoms with van der Waals surface area (Å²) in [5, 5.41) is 8.63. The van der Waals surface area contributed by atoms with Crippen LogP contribution in [0.3, 0.4) is 0 Å². The molecule has 6 heteroatoms. The SMILES string of the molecule is CN=C(NCCc1cccs1)Nc1ccc(OC)c(OC)c1. The van der Waals surface area contributed by atoms with Crippen molar-refractivity contribution in [3.8, 4) is 11.5 Å². The number of benzene rings is 1. The van der Waals surface area contributed by atoms with Crippen molar-refractivity contribution in [1.29, 1.82) is 0 Å². The number of nitrogens with zero attached hydrogens (tertiary/aromatic N) is 1. The van der Waals surface area contributed by atoms with E-state index in [0.29, 0.717) is 11.5 Å². The molecule has 0 aliphatic rings. The lowest BCUT2D eigenvalue weighted by molar-refractivity contribution is 0.355. The molecule has 5 nitrogen and oxygen atoms in total. The van der Waals surface area contributed by atoms with Crippen LogP contribution in [-0.4, -0.2) is 33.8 Å². The molecular weight excluding hydrogens is 298 g/mol. The Kier molecular flexibility index (Phi) is 6.09. The van der Waals surface area contributed by atoms with Gasteiger partial charge in [-0.05, 0) is 30.0 Å². The lowest BCUT2D eigenvalue weighted by Gasteiger charge is -2.13. The second kappa shape index (κ2) is 8.29. The van der Waals surface area contributed by atoms with E-state index in [-0.39, 0.29) is 0 Å². The van der Waals surface area contributed by atoms with Crippen molar-refractivity contribution in [3.05, 3.63) is 40.6 Å². The predicted octanol–water partition coefficient (Wildman–Crippen LogP) is 3.00. The number of aliphatic imine (C=N–C) groups is 1. The summed E-state index contributed by atoms with van der Waals surface area (Å²) in [6.45, 7) is 0.827. The molecule has 0 fully saturated rings. The van der Waals surface area contributed by atoms with Crippen molar-refractivity contribution >= 4 is 23.0 Å². The Balaban J connectivity index is 1.92. The van der Waals surface area contributed by atoms with E-state index in [9.17, 15) is 0 Å². The van der Waals surface area contributed by atoms with Gasteiger partial charge >= 0.3 is 0 Å². The number of anilines is 1. The number of thiophene rings is 1. The molecule has 1 aromatic heterocycles. The third-order valence-corrected chi connectivity index (χ3v) is 4.05. The lowest BCUT2D eigenvalue weighted by atomic mass is 10.2. The van der Waals surface area contributed by atoms with Crippen molar-refractivity contribution in [2.24, 2.45) is 4.99 Å². The molecule has 0 amide bonds. The molecule has 2 N–H and O–H groups in total. The first kappa shape index (κ1) is 16.2. The van der Waals surface area contributed by atoms with Crippen LogP contribution in [0.25, 0.3) is 0 Å². The van der Waals surface area contributed by atoms with Crippen LogP contribution in [0.1, 0.15) is 4.88 Å². The van der Waals surface area contributed by atoms with Gasteiger partial charge in [-0.3, -0.25) is 4.99 Å². The first-order valence-electron chi connectivity index (χ1n) is 6.99. The molecule has 2 aromatic rings. The van der Waals surface area contributed by atoms with Gasteiger partial charge < -0.3 is 20.1 Å².